The summed E-state index contributed by atoms with van der Waals surface area (Å²) in [4.78, 5) is 30.9. The van der Waals surface area contributed by atoms with E-state index in [1.165, 1.54) is 31.7 Å². The van der Waals surface area contributed by atoms with Gasteiger partial charge in [-0.05, 0) is 55.3 Å². The molecule has 3 N–H and O–H groups in total. The Morgan fingerprint density at radius 1 is 1.11 bits per heavy atom. The van der Waals surface area contributed by atoms with E-state index in [0.29, 0.717) is 24.0 Å². The summed E-state index contributed by atoms with van der Waals surface area (Å²) in [7, 11) is 0. The van der Waals surface area contributed by atoms with Crippen LogP contribution < -0.4 is 11.1 Å². The molecule has 7 heteroatoms. The summed E-state index contributed by atoms with van der Waals surface area (Å²) >= 11 is 0. The Labute approximate surface area is 159 Å². The molecule has 0 aliphatic heterocycles. The third kappa shape index (κ3) is 3.57. The molecule has 4 aliphatic carbocycles. The van der Waals surface area contributed by atoms with Crippen LogP contribution in [0.1, 0.15) is 73.3 Å². The van der Waals surface area contributed by atoms with Crippen molar-refractivity contribution >= 4 is 11.8 Å². The van der Waals surface area contributed by atoms with E-state index in [9.17, 15) is 9.59 Å². The fourth-order valence-electron chi connectivity index (χ4n) is 6.60. The SMILES string of the molecule is CC12CC3CC(C)(C1)CC(OCCNC(=O)c1cnc(C(N)=O)cn1)(C3)C2. The molecule has 7 nitrogen and oxygen atoms in total. The molecule has 5 rings (SSSR count). The predicted octanol–water partition coefficient (Wildman–Crippen LogP) is 2.07. The van der Waals surface area contributed by atoms with Crippen molar-refractivity contribution in [2.24, 2.45) is 22.5 Å². The lowest BCUT2D eigenvalue weighted by molar-refractivity contribution is -0.213. The maximum absolute atomic E-state index is 12.2. The average molecular weight is 372 g/mol. The van der Waals surface area contributed by atoms with Crippen molar-refractivity contribution < 1.29 is 14.3 Å². The maximum atomic E-state index is 12.2. The fourth-order valence-corrected chi connectivity index (χ4v) is 6.60. The number of hydrogen-bond acceptors (Lipinski definition) is 5. The Hall–Kier alpha value is -2.02. The number of carbonyl (C=O) groups excluding carboxylic acids is 2. The molecule has 0 radical (unpaired) electrons. The van der Waals surface area contributed by atoms with Gasteiger partial charge in [-0.3, -0.25) is 9.59 Å². The first kappa shape index (κ1) is 18.3. The van der Waals surface area contributed by atoms with E-state index in [2.05, 4.69) is 29.1 Å². The Kier molecular flexibility index (Phi) is 4.25. The molecule has 2 atom stereocenters. The number of aromatic nitrogens is 2. The number of amides is 2. The van der Waals surface area contributed by atoms with Gasteiger partial charge in [-0.15, -0.1) is 0 Å². The number of primary amides is 1. The van der Waals surface area contributed by atoms with E-state index < -0.39 is 5.91 Å². The minimum atomic E-state index is -0.666. The first-order chi connectivity index (χ1) is 12.7. The van der Waals surface area contributed by atoms with Gasteiger partial charge in [-0.25, -0.2) is 9.97 Å². The van der Waals surface area contributed by atoms with Crippen LogP contribution in [0.2, 0.25) is 0 Å². The van der Waals surface area contributed by atoms with Gasteiger partial charge in [0.2, 0.25) is 0 Å². The smallest absolute Gasteiger partial charge is 0.271 e. The molecule has 4 bridgehead atoms. The van der Waals surface area contributed by atoms with Crippen molar-refractivity contribution in [3.05, 3.63) is 23.8 Å². The number of nitrogens with two attached hydrogens (primary N) is 1. The van der Waals surface area contributed by atoms with E-state index in [1.54, 1.807) is 0 Å². The maximum Gasteiger partial charge on any atom is 0.271 e. The standard InChI is InChI=1S/C20H28N4O3/c1-18-5-13-6-19(2,10-18)12-20(7-13,11-18)27-4-3-22-17(26)15-9-23-14(8-24-15)16(21)25/h8-9,13H,3-7,10-12H2,1-2H3,(H2,21,25)(H,22,26). The Balaban J connectivity index is 1.30. The van der Waals surface area contributed by atoms with Gasteiger partial charge in [0.1, 0.15) is 11.4 Å². The minimum Gasteiger partial charge on any atom is -0.373 e. The van der Waals surface area contributed by atoms with Crippen molar-refractivity contribution in [2.45, 2.75) is 58.0 Å². The van der Waals surface area contributed by atoms with Gasteiger partial charge < -0.3 is 15.8 Å². The first-order valence-electron chi connectivity index (χ1n) is 9.74. The van der Waals surface area contributed by atoms with Crippen LogP contribution in [-0.2, 0) is 4.74 Å². The minimum absolute atomic E-state index is 0.0173. The monoisotopic (exact) mass is 372 g/mol. The van der Waals surface area contributed by atoms with Crippen LogP contribution in [0.25, 0.3) is 0 Å². The molecule has 1 aromatic rings. The van der Waals surface area contributed by atoms with Crippen LogP contribution in [0.4, 0.5) is 0 Å². The zero-order chi connectivity index (χ0) is 19.3. The number of ether oxygens (including phenoxy) is 1. The van der Waals surface area contributed by atoms with Gasteiger partial charge in [0.15, 0.2) is 0 Å². The van der Waals surface area contributed by atoms with Crippen LogP contribution in [0.5, 0.6) is 0 Å². The second-order valence-electron chi connectivity index (χ2n) is 9.57. The molecule has 2 amide bonds. The van der Waals surface area contributed by atoms with E-state index in [1.807, 2.05) is 0 Å². The molecule has 4 fully saturated rings. The molecular formula is C20H28N4O3. The van der Waals surface area contributed by atoms with Crippen molar-refractivity contribution in [3.63, 3.8) is 0 Å². The van der Waals surface area contributed by atoms with Crippen molar-refractivity contribution in [2.75, 3.05) is 13.2 Å². The summed E-state index contributed by atoms with van der Waals surface area (Å²) in [5, 5.41) is 2.82. The van der Waals surface area contributed by atoms with Gasteiger partial charge in [-0.2, -0.15) is 0 Å². The molecule has 0 spiro atoms. The number of rotatable bonds is 6. The molecule has 27 heavy (non-hydrogen) atoms. The van der Waals surface area contributed by atoms with E-state index >= 15 is 0 Å². The lowest BCUT2D eigenvalue weighted by Crippen LogP contribution is -2.59. The topological polar surface area (TPSA) is 107 Å². The zero-order valence-corrected chi connectivity index (χ0v) is 16.1. The summed E-state index contributed by atoms with van der Waals surface area (Å²) in [6, 6.07) is 0. The number of nitrogens with zero attached hydrogens (tertiary/aromatic N) is 2. The summed E-state index contributed by atoms with van der Waals surface area (Å²) in [6.07, 6.45) is 9.90. The molecule has 1 heterocycles. The highest BCUT2D eigenvalue weighted by molar-refractivity contribution is 5.93. The zero-order valence-electron chi connectivity index (χ0n) is 16.1. The second-order valence-corrected chi connectivity index (χ2v) is 9.57. The van der Waals surface area contributed by atoms with Crippen LogP contribution >= 0.6 is 0 Å². The highest BCUT2D eigenvalue weighted by atomic mass is 16.5. The summed E-state index contributed by atoms with van der Waals surface area (Å²) < 4.78 is 6.40. The van der Waals surface area contributed by atoms with Crippen molar-refractivity contribution in [1.82, 2.24) is 15.3 Å². The predicted molar refractivity (Wildman–Crippen MR) is 99.0 cm³/mol. The molecule has 146 valence electrons. The molecule has 4 aliphatic rings. The van der Waals surface area contributed by atoms with Crippen LogP contribution in [-0.4, -0.2) is 40.5 Å². The summed E-state index contributed by atoms with van der Waals surface area (Å²) in [6.45, 7) is 5.77. The van der Waals surface area contributed by atoms with Crippen LogP contribution in [0.15, 0.2) is 12.4 Å². The van der Waals surface area contributed by atoms with Crippen molar-refractivity contribution in [1.29, 1.82) is 0 Å². The molecule has 1 aromatic heterocycles. The number of hydrogen-bond donors (Lipinski definition) is 2. The molecule has 0 aromatic carbocycles. The van der Waals surface area contributed by atoms with Gasteiger partial charge in [0.25, 0.3) is 11.8 Å². The largest absolute Gasteiger partial charge is 0.373 e. The molecule has 2 unspecified atom stereocenters. The number of nitrogens with one attached hydrogen (secondary N) is 1. The van der Waals surface area contributed by atoms with Gasteiger partial charge >= 0.3 is 0 Å². The first-order valence-corrected chi connectivity index (χ1v) is 9.74. The third-order valence-corrected chi connectivity index (χ3v) is 6.51. The van der Waals surface area contributed by atoms with E-state index in [4.69, 9.17) is 10.5 Å². The Bertz CT molecular complexity index is 745. The van der Waals surface area contributed by atoms with Crippen LogP contribution in [0.3, 0.4) is 0 Å². The molecule has 4 saturated carbocycles. The number of carbonyl (C=O) groups is 2. The van der Waals surface area contributed by atoms with Crippen LogP contribution in [0, 0.1) is 16.7 Å². The van der Waals surface area contributed by atoms with Gasteiger partial charge in [0, 0.05) is 6.54 Å². The normalized spacial score (nSPS) is 36.6. The molecular weight excluding hydrogens is 344 g/mol. The molecule has 0 saturated heterocycles. The quantitative estimate of drug-likeness (QED) is 0.743. The lowest BCUT2D eigenvalue weighted by atomic mass is 9.43. The Morgan fingerprint density at radius 2 is 1.74 bits per heavy atom. The van der Waals surface area contributed by atoms with Crippen molar-refractivity contribution in [3.8, 4) is 0 Å². The van der Waals surface area contributed by atoms with Gasteiger partial charge in [0.05, 0.1) is 24.6 Å². The van der Waals surface area contributed by atoms with Gasteiger partial charge in [-0.1, -0.05) is 13.8 Å². The van der Waals surface area contributed by atoms with E-state index in [-0.39, 0.29) is 22.9 Å². The summed E-state index contributed by atoms with van der Waals surface area (Å²) in [5.74, 6) is -0.211. The average Bonchev–Trinajstić information content (AvgIpc) is 2.55. The highest BCUT2D eigenvalue weighted by Gasteiger charge is 2.60. The second kappa shape index (κ2) is 6.26. The third-order valence-electron chi connectivity index (χ3n) is 6.51. The Morgan fingerprint density at radius 3 is 2.30 bits per heavy atom. The lowest BCUT2D eigenvalue weighted by Gasteiger charge is -2.65. The summed E-state index contributed by atoms with van der Waals surface area (Å²) in [5.41, 5.74) is 6.13. The van der Waals surface area contributed by atoms with E-state index in [0.717, 1.165) is 25.2 Å². The highest BCUT2D eigenvalue weighted by Crippen LogP contribution is 2.67. The fraction of sp³-hybridized carbons (Fsp3) is 0.700.